The standard InChI is InChI=1S/C20H24N2O2S/c1-15(22-12-11-16-5-3-4-6-18(16)14-22)13-21-20(23)17-7-9-19(10-8-17)25(2)24/h3-10,15H,11-14H2,1-2H3,(H,21,23)/t15-,25+/m0/s1. The molecule has 0 saturated carbocycles. The summed E-state index contributed by atoms with van der Waals surface area (Å²) in [6.07, 6.45) is 2.69. The van der Waals surface area contributed by atoms with Gasteiger partial charge in [0, 0.05) is 53.2 Å². The van der Waals surface area contributed by atoms with Gasteiger partial charge in [-0.25, -0.2) is 0 Å². The summed E-state index contributed by atoms with van der Waals surface area (Å²) in [5, 5.41) is 3.01. The van der Waals surface area contributed by atoms with Crippen molar-refractivity contribution >= 4 is 16.7 Å². The van der Waals surface area contributed by atoms with Crippen LogP contribution >= 0.6 is 0 Å². The van der Waals surface area contributed by atoms with Gasteiger partial charge < -0.3 is 5.32 Å². The van der Waals surface area contributed by atoms with Crippen molar-refractivity contribution in [2.45, 2.75) is 30.8 Å². The van der Waals surface area contributed by atoms with E-state index in [1.807, 2.05) is 0 Å². The van der Waals surface area contributed by atoms with Crippen molar-refractivity contribution in [3.05, 3.63) is 65.2 Å². The molecular weight excluding hydrogens is 332 g/mol. The van der Waals surface area contributed by atoms with E-state index < -0.39 is 10.8 Å². The van der Waals surface area contributed by atoms with Crippen molar-refractivity contribution in [3.63, 3.8) is 0 Å². The minimum atomic E-state index is -1.02. The van der Waals surface area contributed by atoms with Gasteiger partial charge in [0.05, 0.1) is 0 Å². The van der Waals surface area contributed by atoms with Gasteiger partial charge >= 0.3 is 0 Å². The lowest BCUT2D eigenvalue weighted by molar-refractivity contribution is 0.0932. The molecule has 5 heteroatoms. The molecule has 1 heterocycles. The molecule has 1 aliphatic rings. The van der Waals surface area contributed by atoms with E-state index in [1.165, 1.54) is 11.1 Å². The van der Waals surface area contributed by atoms with Gasteiger partial charge in [0.25, 0.3) is 5.91 Å². The average molecular weight is 356 g/mol. The maximum atomic E-state index is 12.3. The second-order valence-electron chi connectivity index (χ2n) is 6.53. The minimum absolute atomic E-state index is 0.0855. The fraction of sp³-hybridized carbons (Fsp3) is 0.350. The first-order valence-corrected chi connectivity index (χ1v) is 10.1. The number of nitrogens with one attached hydrogen (secondary N) is 1. The van der Waals surface area contributed by atoms with Crippen molar-refractivity contribution in [2.75, 3.05) is 19.3 Å². The third-order valence-electron chi connectivity index (χ3n) is 4.79. The predicted octanol–water partition coefficient (Wildman–Crippen LogP) is 2.60. The van der Waals surface area contributed by atoms with Crippen LogP contribution in [-0.4, -0.2) is 40.4 Å². The van der Waals surface area contributed by atoms with Crippen LogP contribution in [0.4, 0.5) is 0 Å². The first-order valence-electron chi connectivity index (χ1n) is 8.57. The first kappa shape index (κ1) is 17.8. The van der Waals surface area contributed by atoms with Crippen molar-refractivity contribution in [1.29, 1.82) is 0 Å². The molecule has 2 atom stereocenters. The van der Waals surface area contributed by atoms with Gasteiger partial charge in [0.15, 0.2) is 0 Å². The molecule has 132 valence electrons. The summed E-state index contributed by atoms with van der Waals surface area (Å²) in [5.74, 6) is -0.0855. The Morgan fingerprint density at radius 3 is 2.52 bits per heavy atom. The van der Waals surface area contributed by atoms with E-state index in [4.69, 9.17) is 0 Å². The van der Waals surface area contributed by atoms with Crippen LogP contribution < -0.4 is 5.32 Å². The number of benzene rings is 2. The fourth-order valence-corrected chi connectivity index (χ4v) is 3.68. The summed E-state index contributed by atoms with van der Waals surface area (Å²) in [4.78, 5) is 15.4. The van der Waals surface area contributed by atoms with Crippen LogP contribution in [0, 0.1) is 0 Å². The van der Waals surface area contributed by atoms with Crippen LogP contribution in [0.1, 0.15) is 28.4 Å². The lowest BCUT2D eigenvalue weighted by Gasteiger charge is -2.33. The molecule has 1 aliphatic heterocycles. The number of amides is 1. The zero-order valence-corrected chi connectivity index (χ0v) is 15.5. The molecule has 0 radical (unpaired) electrons. The third kappa shape index (κ3) is 4.35. The Morgan fingerprint density at radius 1 is 1.16 bits per heavy atom. The van der Waals surface area contributed by atoms with E-state index in [9.17, 15) is 9.00 Å². The lowest BCUT2D eigenvalue weighted by Crippen LogP contribution is -2.44. The Hall–Kier alpha value is -1.98. The summed E-state index contributed by atoms with van der Waals surface area (Å²) in [7, 11) is -1.02. The Labute approximate surface area is 151 Å². The zero-order chi connectivity index (χ0) is 17.8. The van der Waals surface area contributed by atoms with Crippen LogP contribution in [0.5, 0.6) is 0 Å². The number of nitrogens with zero attached hydrogens (tertiary/aromatic N) is 1. The van der Waals surface area contributed by atoms with Crippen LogP contribution in [-0.2, 0) is 23.8 Å². The van der Waals surface area contributed by atoms with E-state index in [-0.39, 0.29) is 11.9 Å². The number of hydrogen-bond acceptors (Lipinski definition) is 3. The van der Waals surface area contributed by atoms with Gasteiger partial charge in [-0.1, -0.05) is 24.3 Å². The Kier molecular flexibility index (Phi) is 5.66. The monoisotopic (exact) mass is 356 g/mol. The topological polar surface area (TPSA) is 49.4 Å². The zero-order valence-electron chi connectivity index (χ0n) is 14.7. The van der Waals surface area contributed by atoms with E-state index in [2.05, 4.69) is 41.4 Å². The second-order valence-corrected chi connectivity index (χ2v) is 7.91. The fourth-order valence-electron chi connectivity index (χ4n) is 3.16. The molecule has 2 aromatic carbocycles. The number of hydrogen-bond donors (Lipinski definition) is 1. The Bertz CT molecular complexity index is 774. The van der Waals surface area contributed by atoms with Gasteiger partial charge in [-0.15, -0.1) is 0 Å². The highest BCUT2D eigenvalue weighted by Crippen LogP contribution is 2.20. The van der Waals surface area contributed by atoms with Crippen molar-refractivity contribution in [3.8, 4) is 0 Å². The summed E-state index contributed by atoms with van der Waals surface area (Å²) in [5.41, 5.74) is 3.42. The molecule has 0 aliphatic carbocycles. The number of fused-ring (bicyclic) bond motifs is 1. The van der Waals surface area contributed by atoms with Gasteiger partial charge in [-0.2, -0.15) is 0 Å². The quantitative estimate of drug-likeness (QED) is 0.896. The molecule has 0 spiro atoms. The highest BCUT2D eigenvalue weighted by atomic mass is 32.2. The Balaban J connectivity index is 1.54. The molecule has 1 amide bonds. The predicted molar refractivity (Wildman–Crippen MR) is 101 cm³/mol. The number of rotatable bonds is 5. The van der Waals surface area contributed by atoms with Crippen molar-refractivity contribution < 1.29 is 9.00 Å². The smallest absolute Gasteiger partial charge is 0.251 e. The van der Waals surface area contributed by atoms with Gasteiger partial charge in [0.1, 0.15) is 0 Å². The molecule has 2 aromatic rings. The highest BCUT2D eigenvalue weighted by molar-refractivity contribution is 7.84. The maximum absolute atomic E-state index is 12.3. The van der Waals surface area contributed by atoms with Crippen LogP contribution in [0.3, 0.4) is 0 Å². The van der Waals surface area contributed by atoms with E-state index >= 15 is 0 Å². The van der Waals surface area contributed by atoms with Crippen LogP contribution in [0.25, 0.3) is 0 Å². The molecule has 4 nitrogen and oxygen atoms in total. The summed E-state index contributed by atoms with van der Waals surface area (Å²) >= 11 is 0. The normalized spacial score (nSPS) is 16.7. The van der Waals surface area contributed by atoms with E-state index in [0.29, 0.717) is 12.1 Å². The highest BCUT2D eigenvalue weighted by Gasteiger charge is 2.20. The third-order valence-corrected chi connectivity index (χ3v) is 5.73. The van der Waals surface area contributed by atoms with Crippen molar-refractivity contribution in [1.82, 2.24) is 10.2 Å². The SMILES string of the molecule is C[C@@H](CNC(=O)c1ccc([S@@](C)=O)cc1)N1CCc2ccccc2C1. The van der Waals surface area contributed by atoms with Crippen LogP contribution in [0.2, 0.25) is 0 Å². The summed E-state index contributed by atoms with van der Waals surface area (Å²) in [6.45, 7) is 4.72. The Morgan fingerprint density at radius 2 is 1.84 bits per heavy atom. The van der Waals surface area contributed by atoms with Gasteiger partial charge in [-0.3, -0.25) is 13.9 Å². The van der Waals surface area contributed by atoms with E-state index in [1.54, 1.807) is 30.5 Å². The molecule has 1 N–H and O–H groups in total. The second kappa shape index (κ2) is 7.93. The minimum Gasteiger partial charge on any atom is -0.350 e. The number of carbonyl (C=O) groups excluding carboxylic acids is 1. The molecule has 25 heavy (non-hydrogen) atoms. The maximum Gasteiger partial charge on any atom is 0.251 e. The lowest BCUT2D eigenvalue weighted by atomic mass is 9.99. The van der Waals surface area contributed by atoms with E-state index in [0.717, 1.165) is 24.4 Å². The molecule has 3 rings (SSSR count). The molecule has 0 fully saturated rings. The first-order chi connectivity index (χ1) is 12.0. The summed E-state index contributed by atoms with van der Waals surface area (Å²) < 4.78 is 11.4. The summed E-state index contributed by atoms with van der Waals surface area (Å²) in [6, 6.07) is 15.8. The van der Waals surface area contributed by atoms with Crippen LogP contribution in [0.15, 0.2) is 53.4 Å². The van der Waals surface area contributed by atoms with Gasteiger partial charge in [0.2, 0.25) is 0 Å². The number of carbonyl (C=O) groups is 1. The molecular formula is C20H24N2O2S. The average Bonchev–Trinajstić information content (AvgIpc) is 2.65. The molecule has 0 unspecified atom stereocenters. The molecule has 0 saturated heterocycles. The largest absolute Gasteiger partial charge is 0.350 e. The molecule has 0 aromatic heterocycles. The van der Waals surface area contributed by atoms with Crippen molar-refractivity contribution in [2.24, 2.45) is 0 Å². The molecule has 0 bridgehead atoms. The van der Waals surface area contributed by atoms with Gasteiger partial charge in [-0.05, 0) is 48.7 Å².